The Kier molecular flexibility index (Phi) is 5.24. The predicted molar refractivity (Wildman–Crippen MR) is 80.3 cm³/mol. The Morgan fingerprint density at radius 1 is 1.29 bits per heavy atom. The van der Waals surface area contributed by atoms with E-state index in [0.29, 0.717) is 16.9 Å². The minimum absolute atomic E-state index is 0.198. The Bertz CT molecular complexity index is 631. The third-order valence-corrected chi connectivity index (χ3v) is 4.43. The standard InChI is InChI=1S/C13H13F2N3OS2/c1-7(2)11-17-18-13(21-11)16-10(19)8-5-3-4-6-9(8)20-12(14)15/h3-7,12H,1-2H3,(H,16,18,19). The Morgan fingerprint density at radius 2 is 2.00 bits per heavy atom. The molecule has 1 heterocycles. The van der Waals surface area contributed by atoms with Gasteiger partial charge in [0.25, 0.3) is 11.7 Å². The summed E-state index contributed by atoms with van der Waals surface area (Å²) in [5.41, 5.74) is 0.198. The molecule has 0 saturated carbocycles. The number of hydrogen-bond acceptors (Lipinski definition) is 5. The molecule has 2 rings (SSSR count). The highest BCUT2D eigenvalue weighted by Crippen LogP contribution is 2.29. The minimum atomic E-state index is -2.58. The number of benzene rings is 1. The van der Waals surface area contributed by atoms with Crippen LogP contribution in [0, 0.1) is 0 Å². The maximum absolute atomic E-state index is 12.5. The van der Waals surface area contributed by atoms with Crippen LogP contribution >= 0.6 is 23.1 Å². The Balaban J connectivity index is 2.16. The van der Waals surface area contributed by atoms with Gasteiger partial charge in [0.15, 0.2) is 0 Å². The SMILES string of the molecule is CC(C)c1nnc(NC(=O)c2ccccc2SC(F)F)s1. The summed E-state index contributed by atoms with van der Waals surface area (Å²) in [7, 11) is 0. The number of alkyl halides is 2. The molecule has 0 radical (unpaired) electrons. The van der Waals surface area contributed by atoms with Crippen molar-refractivity contribution in [3.8, 4) is 0 Å². The third-order valence-electron chi connectivity index (χ3n) is 2.50. The Hall–Kier alpha value is -1.54. The van der Waals surface area contributed by atoms with Crippen LogP contribution in [0.5, 0.6) is 0 Å². The minimum Gasteiger partial charge on any atom is -0.296 e. The maximum Gasteiger partial charge on any atom is 0.288 e. The van der Waals surface area contributed by atoms with Crippen LogP contribution in [-0.4, -0.2) is 21.9 Å². The van der Waals surface area contributed by atoms with Gasteiger partial charge >= 0.3 is 0 Å². The highest BCUT2D eigenvalue weighted by Gasteiger charge is 2.17. The molecular weight excluding hydrogens is 316 g/mol. The van der Waals surface area contributed by atoms with E-state index in [9.17, 15) is 13.6 Å². The zero-order valence-corrected chi connectivity index (χ0v) is 13.0. The normalized spacial score (nSPS) is 11.1. The molecule has 21 heavy (non-hydrogen) atoms. The molecule has 0 bridgehead atoms. The van der Waals surface area contributed by atoms with Gasteiger partial charge < -0.3 is 0 Å². The fourth-order valence-electron chi connectivity index (χ4n) is 1.54. The van der Waals surface area contributed by atoms with Gasteiger partial charge in [-0.15, -0.1) is 10.2 Å². The summed E-state index contributed by atoms with van der Waals surface area (Å²) < 4.78 is 25.0. The molecule has 4 nitrogen and oxygen atoms in total. The number of nitrogens with one attached hydrogen (secondary N) is 1. The van der Waals surface area contributed by atoms with Crippen LogP contribution in [0.2, 0.25) is 0 Å². The van der Waals surface area contributed by atoms with Crippen LogP contribution in [-0.2, 0) is 0 Å². The van der Waals surface area contributed by atoms with Gasteiger partial charge in [0.2, 0.25) is 5.13 Å². The Morgan fingerprint density at radius 3 is 2.62 bits per heavy atom. The Labute approximate surface area is 129 Å². The zero-order chi connectivity index (χ0) is 15.4. The number of carbonyl (C=O) groups is 1. The maximum atomic E-state index is 12.5. The summed E-state index contributed by atoms with van der Waals surface area (Å²) in [5.74, 6) is -2.83. The van der Waals surface area contributed by atoms with Crippen molar-refractivity contribution in [3.63, 3.8) is 0 Å². The second-order valence-electron chi connectivity index (χ2n) is 4.43. The number of carbonyl (C=O) groups excluding carboxylic acids is 1. The molecule has 0 aliphatic heterocycles. The number of amides is 1. The lowest BCUT2D eigenvalue weighted by Crippen LogP contribution is -2.13. The van der Waals surface area contributed by atoms with E-state index in [1.54, 1.807) is 12.1 Å². The molecule has 112 valence electrons. The fraction of sp³-hybridized carbons (Fsp3) is 0.308. The first kappa shape index (κ1) is 15.8. The first-order chi connectivity index (χ1) is 9.97. The molecule has 0 spiro atoms. The third kappa shape index (κ3) is 4.21. The molecule has 8 heteroatoms. The molecule has 0 atom stereocenters. The van der Waals surface area contributed by atoms with Crippen LogP contribution in [0.25, 0.3) is 0 Å². The largest absolute Gasteiger partial charge is 0.296 e. The van der Waals surface area contributed by atoms with Gasteiger partial charge in [-0.3, -0.25) is 10.1 Å². The molecular formula is C13H13F2N3OS2. The number of nitrogens with zero attached hydrogens (tertiary/aromatic N) is 2. The summed E-state index contributed by atoms with van der Waals surface area (Å²) in [6, 6.07) is 6.24. The van der Waals surface area contributed by atoms with Gasteiger partial charge in [-0.25, -0.2) is 0 Å². The second-order valence-corrected chi connectivity index (χ2v) is 6.47. The topological polar surface area (TPSA) is 54.9 Å². The predicted octanol–water partition coefficient (Wildman–Crippen LogP) is 4.23. The highest BCUT2D eigenvalue weighted by atomic mass is 32.2. The molecule has 0 unspecified atom stereocenters. The van der Waals surface area contributed by atoms with Gasteiger partial charge in [0.05, 0.1) is 5.56 Å². The van der Waals surface area contributed by atoms with Crippen molar-refractivity contribution >= 4 is 34.1 Å². The summed E-state index contributed by atoms with van der Waals surface area (Å²) in [6.07, 6.45) is 0. The van der Waals surface area contributed by atoms with E-state index in [-0.39, 0.29) is 16.4 Å². The van der Waals surface area contributed by atoms with Crippen molar-refractivity contribution in [2.24, 2.45) is 0 Å². The van der Waals surface area contributed by atoms with E-state index in [1.165, 1.54) is 23.5 Å². The lowest BCUT2D eigenvalue weighted by Gasteiger charge is -2.07. The molecule has 1 amide bonds. The zero-order valence-electron chi connectivity index (χ0n) is 11.3. The number of halogens is 2. The van der Waals surface area contributed by atoms with Crippen molar-refractivity contribution in [3.05, 3.63) is 34.8 Å². The number of thioether (sulfide) groups is 1. The molecule has 0 aliphatic rings. The summed E-state index contributed by atoms with van der Waals surface area (Å²) in [4.78, 5) is 12.4. The quantitative estimate of drug-likeness (QED) is 0.834. The molecule has 0 fully saturated rings. The molecule has 1 aromatic carbocycles. The fourth-order valence-corrected chi connectivity index (χ4v) is 2.91. The molecule has 1 N–H and O–H groups in total. The molecule has 1 aromatic heterocycles. The first-order valence-corrected chi connectivity index (χ1v) is 7.85. The van der Waals surface area contributed by atoms with Crippen molar-refractivity contribution in [2.75, 3.05) is 5.32 Å². The van der Waals surface area contributed by atoms with E-state index in [1.807, 2.05) is 13.8 Å². The lowest BCUT2D eigenvalue weighted by atomic mass is 10.2. The van der Waals surface area contributed by atoms with Crippen LogP contribution in [0.4, 0.5) is 13.9 Å². The van der Waals surface area contributed by atoms with E-state index in [0.717, 1.165) is 5.01 Å². The van der Waals surface area contributed by atoms with E-state index < -0.39 is 11.7 Å². The lowest BCUT2D eigenvalue weighted by molar-refractivity contribution is 0.102. The van der Waals surface area contributed by atoms with Gasteiger partial charge in [-0.05, 0) is 12.1 Å². The molecule has 2 aromatic rings. The van der Waals surface area contributed by atoms with Gasteiger partial charge in [0.1, 0.15) is 5.01 Å². The summed E-state index contributed by atoms with van der Waals surface area (Å²) >= 11 is 1.62. The number of hydrogen-bond donors (Lipinski definition) is 1. The highest BCUT2D eigenvalue weighted by molar-refractivity contribution is 7.99. The molecule has 0 aliphatic carbocycles. The van der Waals surface area contributed by atoms with Gasteiger partial charge in [-0.1, -0.05) is 49.1 Å². The van der Waals surface area contributed by atoms with Gasteiger partial charge in [-0.2, -0.15) is 8.78 Å². The second kappa shape index (κ2) is 6.95. The summed E-state index contributed by atoms with van der Waals surface area (Å²) in [6.45, 7) is 3.95. The monoisotopic (exact) mass is 329 g/mol. The van der Waals surface area contributed by atoms with Crippen LogP contribution in [0.1, 0.15) is 35.1 Å². The smallest absolute Gasteiger partial charge is 0.288 e. The van der Waals surface area contributed by atoms with Crippen LogP contribution in [0.15, 0.2) is 29.2 Å². The van der Waals surface area contributed by atoms with Crippen LogP contribution < -0.4 is 5.32 Å². The van der Waals surface area contributed by atoms with E-state index in [4.69, 9.17) is 0 Å². The summed E-state index contributed by atoms with van der Waals surface area (Å²) in [5, 5.41) is 11.6. The van der Waals surface area contributed by atoms with E-state index in [2.05, 4.69) is 15.5 Å². The average molecular weight is 329 g/mol. The number of rotatable bonds is 5. The van der Waals surface area contributed by atoms with Crippen molar-refractivity contribution < 1.29 is 13.6 Å². The van der Waals surface area contributed by atoms with Gasteiger partial charge in [0, 0.05) is 10.8 Å². The average Bonchev–Trinajstić information content (AvgIpc) is 2.87. The van der Waals surface area contributed by atoms with Crippen molar-refractivity contribution in [2.45, 2.75) is 30.4 Å². The van der Waals surface area contributed by atoms with Crippen molar-refractivity contribution in [1.29, 1.82) is 0 Å². The van der Waals surface area contributed by atoms with Crippen LogP contribution in [0.3, 0.4) is 0 Å². The van der Waals surface area contributed by atoms with Crippen molar-refractivity contribution in [1.82, 2.24) is 10.2 Å². The molecule has 0 saturated heterocycles. The van der Waals surface area contributed by atoms with E-state index >= 15 is 0 Å². The first-order valence-electron chi connectivity index (χ1n) is 6.16. The number of aromatic nitrogens is 2. The number of anilines is 1.